The first-order chi connectivity index (χ1) is 13.0. The van der Waals surface area contributed by atoms with Gasteiger partial charge in [0.2, 0.25) is 5.91 Å². The second-order valence-corrected chi connectivity index (χ2v) is 7.59. The van der Waals surface area contributed by atoms with E-state index in [-0.39, 0.29) is 29.7 Å². The summed E-state index contributed by atoms with van der Waals surface area (Å²) in [5.41, 5.74) is 3.02. The highest BCUT2D eigenvalue weighted by Gasteiger charge is 2.47. The summed E-state index contributed by atoms with van der Waals surface area (Å²) in [5, 5.41) is 12.8. The van der Waals surface area contributed by atoms with Crippen LogP contribution in [-0.2, 0) is 4.79 Å². The van der Waals surface area contributed by atoms with E-state index >= 15 is 0 Å². The summed E-state index contributed by atoms with van der Waals surface area (Å²) in [7, 11) is 0. The van der Waals surface area contributed by atoms with Crippen molar-refractivity contribution >= 4 is 17.3 Å². The van der Waals surface area contributed by atoms with Crippen molar-refractivity contribution in [2.45, 2.75) is 38.8 Å². The van der Waals surface area contributed by atoms with Crippen molar-refractivity contribution < 1.29 is 9.18 Å². The van der Waals surface area contributed by atoms with Gasteiger partial charge in [-0.3, -0.25) is 4.79 Å². The molecule has 0 saturated heterocycles. The third-order valence-corrected chi connectivity index (χ3v) is 5.70. The average Bonchev–Trinajstić information content (AvgIpc) is 3.47. The van der Waals surface area contributed by atoms with Gasteiger partial charge in [0.05, 0.1) is 17.7 Å². The number of carbonyl (C=O) groups excluding carboxylic acids is 1. The molecule has 1 aliphatic carbocycles. The summed E-state index contributed by atoms with van der Waals surface area (Å²) in [6.45, 7) is 3.74. The second kappa shape index (κ2) is 6.70. The van der Waals surface area contributed by atoms with E-state index in [0.717, 1.165) is 24.1 Å². The number of benzene rings is 2. The van der Waals surface area contributed by atoms with Crippen LogP contribution < -0.4 is 10.2 Å². The summed E-state index contributed by atoms with van der Waals surface area (Å²) < 4.78 is 13.7. The maximum atomic E-state index is 13.7. The fraction of sp³-hybridized carbons (Fsp3) is 0.364. The van der Waals surface area contributed by atoms with Crippen molar-refractivity contribution in [3.8, 4) is 6.07 Å². The van der Waals surface area contributed by atoms with E-state index in [1.165, 1.54) is 12.1 Å². The monoisotopic (exact) mass is 363 g/mol. The molecule has 1 saturated carbocycles. The first-order valence-corrected chi connectivity index (χ1v) is 9.35. The molecule has 1 N–H and O–H groups in total. The Labute approximate surface area is 158 Å². The van der Waals surface area contributed by atoms with Gasteiger partial charge in [-0.05, 0) is 60.7 Å². The molecule has 27 heavy (non-hydrogen) atoms. The van der Waals surface area contributed by atoms with Gasteiger partial charge in [-0.1, -0.05) is 13.0 Å². The van der Waals surface area contributed by atoms with E-state index in [2.05, 4.69) is 18.3 Å². The largest absolute Gasteiger partial charge is 0.378 e. The van der Waals surface area contributed by atoms with Gasteiger partial charge >= 0.3 is 0 Å². The number of amides is 1. The smallest absolute Gasteiger partial charge is 0.224 e. The molecule has 1 aliphatic heterocycles. The highest BCUT2D eigenvalue weighted by molar-refractivity contribution is 5.94. The number of anilines is 2. The van der Waals surface area contributed by atoms with Gasteiger partial charge in [-0.2, -0.15) is 5.26 Å². The second-order valence-electron chi connectivity index (χ2n) is 7.59. The number of nitriles is 1. The van der Waals surface area contributed by atoms with Crippen molar-refractivity contribution in [1.82, 2.24) is 0 Å². The SMILES string of the molecule is CC(=O)N1c2ccc(C#N)cc2[C@H](Nc2cccc(F)c2)[C@@H](C)[C@@H]1C1CC1. The number of carbonyl (C=O) groups is 1. The molecule has 1 fully saturated rings. The number of halogens is 1. The summed E-state index contributed by atoms with van der Waals surface area (Å²) in [5.74, 6) is 0.350. The molecule has 1 heterocycles. The summed E-state index contributed by atoms with van der Waals surface area (Å²) >= 11 is 0. The average molecular weight is 363 g/mol. The fourth-order valence-electron chi connectivity index (χ4n) is 4.39. The van der Waals surface area contributed by atoms with Crippen LogP contribution in [0.5, 0.6) is 0 Å². The van der Waals surface area contributed by atoms with Crippen LogP contribution >= 0.6 is 0 Å². The standard InChI is InChI=1S/C22H22FN3O/c1-13-21(25-18-5-3-4-17(23)11-18)19-10-15(12-24)6-9-20(19)26(14(2)27)22(13)16-7-8-16/h3-6,9-11,13,16,21-22,25H,7-8H2,1-2H3/t13-,21-,22-/m1/s1. The lowest BCUT2D eigenvalue weighted by atomic mass is 9.79. The number of hydrogen-bond acceptors (Lipinski definition) is 3. The summed E-state index contributed by atoms with van der Waals surface area (Å²) in [4.78, 5) is 14.4. The van der Waals surface area contributed by atoms with Gasteiger partial charge in [-0.25, -0.2) is 4.39 Å². The first kappa shape index (κ1) is 17.5. The van der Waals surface area contributed by atoms with Crippen LogP contribution in [0.15, 0.2) is 42.5 Å². The van der Waals surface area contributed by atoms with Crippen LogP contribution in [0, 0.1) is 29.0 Å². The maximum absolute atomic E-state index is 13.7. The van der Waals surface area contributed by atoms with E-state index in [0.29, 0.717) is 17.2 Å². The zero-order chi connectivity index (χ0) is 19.1. The third kappa shape index (κ3) is 3.16. The molecule has 4 rings (SSSR count). The van der Waals surface area contributed by atoms with E-state index in [1.54, 1.807) is 19.1 Å². The van der Waals surface area contributed by atoms with Crippen LogP contribution in [0.25, 0.3) is 0 Å². The molecule has 2 aliphatic rings. The van der Waals surface area contributed by atoms with Crippen LogP contribution in [-0.4, -0.2) is 11.9 Å². The third-order valence-electron chi connectivity index (χ3n) is 5.70. The van der Waals surface area contributed by atoms with Gasteiger partial charge in [0.15, 0.2) is 0 Å². The van der Waals surface area contributed by atoms with E-state index in [9.17, 15) is 14.4 Å². The Morgan fingerprint density at radius 3 is 2.67 bits per heavy atom. The molecule has 0 unspecified atom stereocenters. The number of rotatable bonds is 3. The quantitative estimate of drug-likeness (QED) is 0.865. The molecule has 2 aromatic rings. The van der Waals surface area contributed by atoms with Crippen LogP contribution in [0.2, 0.25) is 0 Å². The topological polar surface area (TPSA) is 56.1 Å². The first-order valence-electron chi connectivity index (χ1n) is 9.35. The van der Waals surface area contributed by atoms with Gasteiger partial charge in [0.25, 0.3) is 0 Å². The molecule has 0 radical (unpaired) electrons. The minimum Gasteiger partial charge on any atom is -0.378 e. The minimum absolute atomic E-state index is 0.0221. The summed E-state index contributed by atoms with van der Waals surface area (Å²) in [6.07, 6.45) is 2.24. The predicted molar refractivity (Wildman–Crippen MR) is 103 cm³/mol. The molecule has 0 aromatic heterocycles. The van der Waals surface area contributed by atoms with Crippen LogP contribution in [0.3, 0.4) is 0 Å². The fourth-order valence-corrected chi connectivity index (χ4v) is 4.39. The molecular formula is C22H22FN3O. The molecule has 0 bridgehead atoms. The van der Waals surface area contributed by atoms with Crippen molar-refractivity contribution in [3.05, 3.63) is 59.4 Å². The van der Waals surface area contributed by atoms with E-state index in [4.69, 9.17) is 0 Å². The molecule has 2 aromatic carbocycles. The van der Waals surface area contributed by atoms with Crippen molar-refractivity contribution in [2.24, 2.45) is 11.8 Å². The normalized spacial score (nSPS) is 24.1. The number of nitrogens with one attached hydrogen (secondary N) is 1. The van der Waals surface area contributed by atoms with Crippen LogP contribution in [0.4, 0.5) is 15.8 Å². The highest BCUT2D eigenvalue weighted by atomic mass is 19.1. The van der Waals surface area contributed by atoms with Crippen molar-refractivity contribution in [2.75, 3.05) is 10.2 Å². The van der Waals surface area contributed by atoms with Crippen molar-refractivity contribution in [1.29, 1.82) is 5.26 Å². The Bertz CT molecular complexity index is 931. The van der Waals surface area contributed by atoms with E-state index < -0.39 is 0 Å². The minimum atomic E-state index is -0.293. The molecule has 0 spiro atoms. The Morgan fingerprint density at radius 2 is 2.04 bits per heavy atom. The van der Waals surface area contributed by atoms with Crippen LogP contribution in [0.1, 0.15) is 43.9 Å². The Balaban J connectivity index is 1.82. The Kier molecular flexibility index (Phi) is 4.35. The van der Waals surface area contributed by atoms with E-state index in [1.807, 2.05) is 23.1 Å². The lowest BCUT2D eigenvalue weighted by molar-refractivity contribution is -0.117. The zero-order valence-corrected chi connectivity index (χ0v) is 15.4. The Morgan fingerprint density at radius 1 is 1.26 bits per heavy atom. The lowest BCUT2D eigenvalue weighted by Crippen LogP contribution is -2.51. The van der Waals surface area contributed by atoms with Gasteiger partial charge in [0.1, 0.15) is 5.82 Å². The molecular weight excluding hydrogens is 341 g/mol. The lowest BCUT2D eigenvalue weighted by Gasteiger charge is -2.46. The number of fused-ring (bicyclic) bond motifs is 1. The molecule has 1 amide bonds. The maximum Gasteiger partial charge on any atom is 0.224 e. The summed E-state index contributed by atoms with van der Waals surface area (Å²) in [6, 6.07) is 14.1. The van der Waals surface area contributed by atoms with Gasteiger partial charge in [0, 0.05) is 30.3 Å². The molecule has 138 valence electrons. The van der Waals surface area contributed by atoms with Crippen molar-refractivity contribution in [3.63, 3.8) is 0 Å². The zero-order valence-electron chi connectivity index (χ0n) is 15.4. The highest BCUT2D eigenvalue weighted by Crippen LogP contribution is 2.50. The molecule has 5 heteroatoms. The molecule has 3 atom stereocenters. The molecule has 4 nitrogen and oxygen atoms in total. The number of hydrogen-bond donors (Lipinski definition) is 1. The van der Waals surface area contributed by atoms with Gasteiger partial charge < -0.3 is 10.2 Å². The predicted octanol–water partition coefficient (Wildman–Crippen LogP) is 4.63. The number of nitrogens with zero attached hydrogens (tertiary/aromatic N) is 2. The van der Waals surface area contributed by atoms with Gasteiger partial charge in [-0.15, -0.1) is 0 Å². The Hall–Kier alpha value is -2.87.